The lowest BCUT2D eigenvalue weighted by atomic mass is 9.89. The number of aromatic nitrogens is 3. The van der Waals surface area contributed by atoms with Crippen LogP contribution in [0.25, 0.3) is 0 Å². The molecule has 0 fully saturated rings. The third-order valence-corrected chi connectivity index (χ3v) is 6.68. The van der Waals surface area contributed by atoms with E-state index in [-0.39, 0.29) is 38.7 Å². The van der Waals surface area contributed by atoms with Gasteiger partial charge in [-0.2, -0.15) is 4.98 Å². The van der Waals surface area contributed by atoms with E-state index in [1.165, 1.54) is 49.3 Å². The zero-order valence-electron chi connectivity index (χ0n) is 23.4. The molecule has 220 valence electrons. The minimum atomic E-state index is -2.20. The molecule has 6 N–H and O–H groups in total. The Balaban J connectivity index is 2.35. The van der Waals surface area contributed by atoms with Crippen LogP contribution in [0.1, 0.15) is 25.5 Å². The van der Waals surface area contributed by atoms with Gasteiger partial charge in [-0.3, -0.25) is 15.5 Å². The zero-order valence-corrected chi connectivity index (χ0v) is 24.9. The van der Waals surface area contributed by atoms with Crippen molar-refractivity contribution in [2.75, 3.05) is 31.4 Å². The first kappa shape index (κ1) is 32.0. The third kappa shape index (κ3) is 7.40. The summed E-state index contributed by atoms with van der Waals surface area (Å²) in [6.07, 6.45) is 0.765. The summed E-state index contributed by atoms with van der Waals surface area (Å²) >= 11 is 12.2. The molecule has 3 aromatic rings. The van der Waals surface area contributed by atoms with Gasteiger partial charge in [0.15, 0.2) is 6.29 Å². The van der Waals surface area contributed by atoms with Crippen LogP contribution in [0.2, 0.25) is 10.0 Å². The van der Waals surface area contributed by atoms with Crippen molar-refractivity contribution >= 4 is 46.2 Å². The van der Waals surface area contributed by atoms with Crippen molar-refractivity contribution in [2.45, 2.75) is 26.2 Å². The van der Waals surface area contributed by atoms with Crippen molar-refractivity contribution in [1.29, 1.82) is 5.41 Å². The maximum Gasteiger partial charge on any atom is 0.281 e. The molecule has 0 amide bonds. The van der Waals surface area contributed by atoms with Crippen LogP contribution < -0.4 is 25.8 Å². The van der Waals surface area contributed by atoms with Crippen LogP contribution in [-0.2, 0) is 7.05 Å². The second-order valence-corrected chi connectivity index (χ2v) is 10.6. The molecule has 14 heteroatoms. The number of quaternary nitrogens is 1. The van der Waals surface area contributed by atoms with Crippen LogP contribution in [0.3, 0.4) is 0 Å². The Hall–Kier alpha value is -3.55. The molecule has 11 nitrogen and oxygen atoms in total. The van der Waals surface area contributed by atoms with E-state index >= 15 is 0 Å². The van der Waals surface area contributed by atoms with E-state index in [4.69, 9.17) is 33.3 Å². The van der Waals surface area contributed by atoms with E-state index < -0.39 is 29.4 Å². The lowest BCUT2D eigenvalue weighted by Gasteiger charge is -2.27. The van der Waals surface area contributed by atoms with Crippen LogP contribution in [0.5, 0.6) is 5.88 Å². The quantitative estimate of drug-likeness (QED) is 0.164. The van der Waals surface area contributed by atoms with E-state index in [2.05, 4.69) is 15.3 Å². The number of nitrogens with one attached hydrogen (secondary N) is 2. The van der Waals surface area contributed by atoms with Crippen molar-refractivity contribution in [3.05, 3.63) is 79.7 Å². The number of pyridine rings is 1. The van der Waals surface area contributed by atoms with Gasteiger partial charge in [-0.25, -0.2) is 9.37 Å². The SMILES string of the molecule is COc1nc(N(C)C)ncc1[NH2+]/C(=C(\C(=N)C(O)O)C(Nc1cc(Cl)cn(C)c1=O)c1ccc(Cl)c(F)c1)C(C)C. The minimum absolute atomic E-state index is 0.0393. The molecule has 0 aliphatic rings. The van der Waals surface area contributed by atoms with Gasteiger partial charge in [0.05, 0.1) is 40.7 Å². The Bertz CT molecular complexity index is 1530. The fourth-order valence-electron chi connectivity index (χ4n) is 4.13. The summed E-state index contributed by atoms with van der Waals surface area (Å²) in [6, 6.07) is 4.27. The smallest absolute Gasteiger partial charge is 0.281 e. The summed E-state index contributed by atoms with van der Waals surface area (Å²) in [5.41, 5.74) is 0.214. The van der Waals surface area contributed by atoms with Gasteiger partial charge in [-0.15, -0.1) is 0 Å². The molecule has 0 saturated carbocycles. The van der Waals surface area contributed by atoms with Gasteiger partial charge in [0.25, 0.3) is 11.4 Å². The van der Waals surface area contributed by atoms with E-state index in [9.17, 15) is 19.4 Å². The summed E-state index contributed by atoms with van der Waals surface area (Å²) in [4.78, 5) is 23.5. The molecule has 0 bridgehead atoms. The molecule has 0 radical (unpaired) electrons. The van der Waals surface area contributed by atoms with E-state index in [0.29, 0.717) is 17.3 Å². The Kier molecular flexibility index (Phi) is 10.5. The molecule has 1 unspecified atom stereocenters. The summed E-state index contributed by atoms with van der Waals surface area (Å²) in [5, 5.41) is 34.0. The Labute approximate surface area is 246 Å². The number of ether oxygens (including phenoxy) is 1. The van der Waals surface area contributed by atoms with E-state index in [1.54, 1.807) is 24.3 Å². The lowest BCUT2D eigenvalue weighted by Crippen LogP contribution is -2.78. The highest BCUT2D eigenvalue weighted by atomic mass is 35.5. The number of rotatable bonds is 11. The van der Waals surface area contributed by atoms with Crippen LogP contribution >= 0.6 is 23.2 Å². The van der Waals surface area contributed by atoms with Gasteiger partial charge in [-0.05, 0) is 23.8 Å². The second kappa shape index (κ2) is 13.4. The highest BCUT2D eigenvalue weighted by Gasteiger charge is 2.33. The number of halogens is 3. The van der Waals surface area contributed by atoms with Gasteiger partial charge in [-0.1, -0.05) is 43.1 Å². The van der Waals surface area contributed by atoms with Crippen molar-refractivity contribution in [1.82, 2.24) is 14.5 Å². The normalized spacial score (nSPS) is 12.8. The second-order valence-electron chi connectivity index (χ2n) is 9.72. The molecule has 0 aliphatic heterocycles. The molecule has 0 aliphatic carbocycles. The molecule has 1 aromatic carbocycles. The number of allylic oxidation sites excluding steroid dienone is 1. The predicted molar refractivity (Wildman–Crippen MR) is 157 cm³/mol. The molecule has 41 heavy (non-hydrogen) atoms. The van der Waals surface area contributed by atoms with Crippen LogP contribution in [-0.4, -0.2) is 58.0 Å². The average Bonchev–Trinajstić information content (AvgIpc) is 2.91. The number of aliphatic hydroxyl groups is 2. The highest BCUT2D eigenvalue weighted by Crippen LogP contribution is 2.33. The standard InChI is InChI=1S/C27H32Cl2FN7O4/c1-13(2)22(34-19-11-32-27(36(3)4)35-24(19)41-6)20(21(31)26(39)40)23(14-7-8-16(29)17(30)9-14)33-18-10-15(28)12-37(5)25(18)38/h7-13,23,26,31,33-34,39-40H,1-6H3/p+1/b22-20+,31-21?. The van der Waals surface area contributed by atoms with E-state index in [0.717, 1.165) is 6.07 Å². The summed E-state index contributed by atoms with van der Waals surface area (Å²) in [6.45, 7) is 3.67. The van der Waals surface area contributed by atoms with E-state index in [1.807, 2.05) is 13.8 Å². The summed E-state index contributed by atoms with van der Waals surface area (Å²) in [7, 11) is 6.53. The monoisotopic (exact) mass is 608 g/mol. The topological polar surface area (TPSA) is 153 Å². The zero-order chi connectivity index (χ0) is 30.6. The molecular formula is C27H33Cl2FN7O4+. The highest BCUT2D eigenvalue weighted by molar-refractivity contribution is 6.31. The molecule has 1 atom stereocenters. The van der Waals surface area contributed by atoms with Crippen molar-refractivity contribution in [3.8, 4) is 5.88 Å². The van der Waals surface area contributed by atoms with Gasteiger partial charge in [0, 0.05) is 33.3 Å². The Morgan fingerprint density at radius 3 is 2.49 bits per heavy atom. The fourth-order valence-corrected chi connectivity index (χ4v) is 4.50. The number of hydrogen-bond donors (Lipinski definition) is 5. The maximum absolute atomic E-state index is 14.8. The predicted octanol–water partition coefficient (Wildman–Crippen LogP) is 2.98. The van der Waals surface area contributed by atoms with Crippen LogP contribution in [0.15, 0.2) is 52.7 Å². The number of aliphatic hydroxyl groups excluding tert-OH is 1. The lowest BCUT2D eigenvalue weighted by molar-refractivity contribution is -0.526. The van der Waals surface area contributed by atoms with Crippen molar-refractivity contribution < 1.29 is 24.7 Å². The molecule has 3 rings (SSSR count). The molecule has 0 saturated heterocycles. The van der Waals surface area contributed by atoms with Gasteiger partial charge < -0.3 is 29.7 Å². The number of hydrogen-bond acceptors (Lipinski definition) is 9. The van der Waals surface area contributed by atoms with Gasteiger partial charge in [0.1, 0.15) is 17.2 Å². The number of methoxy groups -OCH3 is 1. The first-order valence-electron chi connectivity index (χ1n) is 12.4. The van der Waals surface area contributed by atoms with Crippen LogP contribution in [0.4, 0.5) is 21.7 Å². The number of nitrogens with zero attached hydrogens (tertiary/aromatic N) is 4. The van der Waals surface area contributed by atoms with Crippen molar-refractivity contribution in [2.24, 2.45) is 13.0 Å². The Morgan fingerprint density at radius 1 is 1.24 bits per heavy atom. The minimum Gasteiger partial charge on any atom is -0.477 e. The number of benzene rings is 1. The largest absolute Gasteiger partial charge is 0.477 e. The van der Waals surface area contributed by atoms with Gasteiger partial charge in [0.2, 0.25) is 11.6 Å². The molecular weight excluding hydrogens is 576 g/mol. The molecule has 2 heterocycles. The summed E-state index contributed by atoms with van der Waals surface area (Å²) in [5.74, 6) is -0.426. The number of anilines is 2. The van der Waals surface area contributed by atoms with Crippen molar-refractivity contribution in [3.63, 3.8) is 0 Å². The number of aryl methyl sites for hydroxylation is 1. The number of nitrogens with two attached hydrogens (primary N) is 1. The molecule has 0 spiro atoms. The molecule has 2 aromatic heterocycles. The van der Waals surface area contributed by atoms with Crippen LogP contribution in [0, 0.1) is 17.1 Å². The average molecular weight is 610 g/mol. The third-order valence-electron chi connectivity index (χ3n) is 6.17. The maximum atomic E-state index is 14.8. The fraction of sp³-hybridized carbons (Fsp3) is 0.333. The van der Waals surface area contributed by atoms with Gasteiger partial charge >= 0.3 is 0 Å². The first-order chi connectivity index (χ1) is 19.2. The first-order valence-corrected chi connectivity index (χ1v) is 13.2. The summed E-state index contributed by atoms with van der Waals surface area (Å²) < 4.78 is 21.5. The Morgan fingerprint density at radius 2 is 1.93 bits per heavy atom.